The van der Waals surface area contributed by atoms with Gasteiger partial charge in [-0.2, -0.15) is 0 Å². The average molecular weight is 352 g/mol. The second-order valence-corrected chi connectivity index (χ2v) is 7.84. The van der Waals surface area contributed by atoms with Gasteiger partial charge in [-0.1, -0.05) is 12.2 Å². The minimum atomic E-state index is -0.245. The van der Waals surface area contributed by atoms with Gasteiger partial charge < -0.3 is 9.47 Å². The van der Waals surface area contributed by atoms with E-state index in [0.29, 0.717) is 12.0 Å². The van der Waals surface area contributed by atoms with Crippen LogP contribution >= 0.6 is 0 Å². The first-order valence-corrected chi connectivity index (χ1v) is 9.53. The number of rotatable bonds is 3. The van der Waals surface area contributed by atoms with Crippen LogP contribution in [-0.2, 0) is 4.74 Å². The van der Waals surface area contributed by atoms with E-state index in [1.54, 1.807) is 7.11 Å². The normalized spacial score (nSPS) is 28.5. The number of nitrogens with zero attached hydrogens (tertiary/aromatic N) is 2. The van der Waals surface area contributed by atoms with Crippen LogP contribution in [0.3, 0.4) is 0 Å². The van der Waals surface area contributed by atoms with Crippen LogP contribution in [0.15, 0.2) is 42.6 Å². The Labute approximate surface area is 155 Å². The zero-order chi connectivity index (χ0) is 18.3. The highest BCUT2D eigenvalue weighted by Gasteiger charge is 2.50. The molecule has 0 N–H and O–H groups in total. The van der Waals surface area contributed by atoms with Crippen LogP contribution in [0.2, 0.25) is 0 Å². The molecule has 0 unspecified atom stereocenters. The molecule has 0 spiro atoms. The van der Waals surface area contributed by atoms with Gasteiger partial charge in [0.05, 0.1) is 12.6 Å². The van der Waals surface area contributed by atoms with Crippen molar-refractivity contribution in [2.45, 2.75) is 51.5 Å². The highest BCUT2D eigenvalue weighted by molar-refractivity contribution is 5.84. The molecule has 0 aliphatic carbocycles. The van der Waals surface area contributed by atoms with Crippen LogP contribution in [0.1, 0.15) is 45.3 Å². The largest absolute Gasteiger partial charge is 0.497 e. The second kappa shape index (κ2) is 6.67. The molecule has 2 fully saturated rings. The van der Waals surface area contributed by atoms with E-state index in [9.17, 15) is 0 Å². The Morgan fingerprint density at radius 2 is 2.15 bits per heavy atom. The van der Waals surface area contributed by atoms with E-state index in [1.165, 1.54) is 12.0 Å². The summed E-state index contributed by atoms with van der Waals surface area (Å²) in [4.78, 5) is 7.08. The van der Waals surface area contributed by atoms with Crippen molar-refractivity contribution in [3.63, 3.8) is 0 Å². The van der Waals surface area contributed by atoms with Crippen molar-refractivity contribution in [2.75, 3.05) is 13.7 Å². The van der Waals surface area contributed by atoms with E-state index in [0.717, 1.165) is 29.6 Å². The number of hydrogen-bond donors (Lipinski definition) is 0. The zero-order valence-corrected chi connectivity index (χ0v) is 16.1. The van der Waals surface area contributed by atoms with E-state index >= 15 is 0 Å². The molecule has 4 rings (SSSR count). The van der Waals surface area contributed by atoms with Gasteiger partial charge in [-0.3, -0.25) is 9.88 Å². The minimum absolute atomic E-state index is 0.0515. The number of methoxy groups -OCH3 is 1. The standard InChI is InChI=1S/C22H28N2O2/c1-5-6-15-10-12-24-20(13-15)21(26-22(24,2)3)17-9-11-23-19-8-7-16(25-4)14-18(17)19/h5-9,11,14-15,20-21H,10,12-13H2,1-4H3/b6-5+/t15-,20-,21+/m0/s1. The van der Waals surface area contributed by atoms with Gasteiger partial charge in [0.1, 0.15) is 17.6 Å². The molecule has 1 aromatic heterocycles. The lowest BCUT2D eigenvalue weighted by Crippen LogP contribution is -2.48. The van der Waals surface area contributed by atoms with Gasteiger partial charge in [-0.05, 0) is 69.4 Å². The lowest BCUT2D eigenvalue weighted by Gasteiger charge is -2.39. The smallest absolute Gasteiger partial charge is 0.119 e. The van der Waals surface area contributed by atoms with Gasteiger partial charge in [0, 0.05) is 24.2 Å². The Balaban J connectivity index is 1.77. The summed E-state index contributed by atoms with van der Waals surface area (Å²) in [7, 11) is 1.71. The fourth-order valence-corrected chi connectivity index (χ4v) is 4.68. The Bertz CT molecular complexity index is 830. The minimum Gasteiger partial charge on any atom is -0.497 e. The Kier molecular flexibility index (Phi) is 4.49. The van der Waals surface area contributed by atoms with E-state index < -0.39 is 0 Å². The molecule has 0 saturated carbocycles. The predicted molar refractivity (Wildman–Crippen MR) is 104 cm³/mol. The molecule has 2 aliphatic rings. The number of pyridine rings is 1. The van der Waals surface area contributed by atoms with Crippen molar-refractivity contribution in [1.82, 2.24) is 9.88 Å². The SMILES string of the molecule is C/C=C/[C@H]1CCN2[C@@H](C1)[C@@H](c1ccnc3ccc(OC)cc13)OC2(C)C. The zero-order valence-electron chi connectivity index (χ0n) is 16.1. The van der Waals surface area contributed by atoms with Crippen LogP contribution in [-0.4, -0.2) is 35.3 Å². The molecule has 4 nitrogen and oxygen atoms in total. The van der Waals surface area contributed by atoms with Crippen LogP contribution in [0.25, 0.3) is 10.9 Å². The molecular formula is C22H28N2O2. The second-order valence-electron chi connectivity index (χ2n) is 7.84. The maximum Gasteiger partial charge on any atom is 0.119 e. The summed E-state index contributed by atoms with van der Waals surface area (Å²) in [6.45, 7) is 7.58. The van der Waals surface area contributed by atoms with E-state index in [2.05, 4.69) is 54.9 Å². The van der Waals surface area contributed by atoms with Gasteiger partial charge in [0.15, 0.2) is 0 Å². The van der Waals surface area contributed by atoms with Crippen molar-refractivity contribution in [3.8, 4) is 5.75 Å². The maximum atomic E-state index is 6.62. The van der Waals surface area contributed by atoms with Crippen molar-refractivity contribution < 1.29 is 9.47 Å². The average Bonchev–Trinajstić information content (AvgIpc) is 2.91. The van der Waals surface area contributed by atoms with Crippen LogP contribution < -0.4 is 4.74 Å². The van der Waals surface area contributed by atoms with E-state index in [4.69, 9.17) is 9.47 Å². The Hall–Kier alpha value is -1.91. The van der Waals surface area contributed by atoms with Crippen LogP contribution in [0.5, 0.6) is 5.75 Å². The first-order chi connectivity index (χ1) is 12.5. The molecule has 138 valence electrons. The lowest BCUT2D eigenvalue weighted by molar-refractivity contribution is -0.0793. The highest BCUT2D eigenvalue weighted by Crippen LogP contribution is 2.47. The quantitative estimate of drug-likeness (QED) is 0.750. The van der Waals surface area contributed by atoms with Gasteiger partial charge in [-0.15, -0.1) is 0 Å². The summed E-state index contributed by atoms with van der Waals surface area (Å²) < 4.78 is 12.1. The van der Waals surface area contributed by atoms with Crippen molar-refractivity contribution in [2.24, 2.45) is 5.92 Å². The van der Waals surface area contributed by atoms with E-state index in [1.807, 2.05) is 18.3 Å². The number of aromatic nitrogens is 1. The molecule has 2 aromatic rings. The van der Waals surface area contributed by atoms with Crippen molar-refractivity contribution >= 4 is 10.9 Å². The number of allylic oxidation sites excluding steroid dienone is 2. The Morgan fingerprint density at radius 3 is 2.92 bits per heavy atom. The fraction of sp³-hybridized carbons (Fsp3) is 0.500. The van der Waals surface area contributed by atoms with Crippen molar-refractivity contribution in [3.05, 3.63) is 48.2 Å². The van der Waals surface area contributed by atoms with Crippen LogP contribution in [0, 0.1) is 5.92 Å². The predicted octanol–water partition coefficient (Wildman–Crippen LogP) is 4.71. The first-order valence-electron chi connectivity index (χ1n) is 9.53. The third kappa shape index (κ3) is 2.91. The number of piperidine rings is 1. The molecular weight excluding hydrogens is 324 g/mol. The number of hydrogen-bond acceptors (Lipinski definition) is 4. The first kappa shape index (κ1) is 17.5. The molecule has 2 saturated heterocycles. The molecule has 3 atom stereocenters. The molecule has 0 radical (unpaired) electrons. The highest BCUT2D eigenvalue weighted by atomic mass is 16.5. The number of ether oxygens (including phenoxy) is 2. The summed E-state index contributed by atoms with van der Waals surface area (Å²) >= 11 is 0. The molecule has 4 heteroatoms. The summed E-state index contributed by atoms with van der Waals surface area (Å²) in [5, 5.41) is 1.13. The molecule has 2 aliphatic heterocycles. The third-order valence-electron chi connectivity index (χ3n) is 5.90. The summed E-state index contributed by atoms with van der Waals surface area (Å²) in [6.07, 6.45) is 8.82. The lowest BCUT2D eigenvalue weighted by atomic mass is 9.85. The summed E-state index contributed by atoms with van der Waals surface area (Å²) in [5.41, 5.74) is 1.96. The van der Waals surface area contributed by atoms with E-state index in [-0.39, 0.29) is 11.8 Å². The van der Waals surface area contributed by atoms with Gasteiger partial charge in [-0.25, -0.2) is 0 Å². The Morgan fingerprint density at radius 1 is 1.31 bits per heavy atom. The fourth-order valence-electron chi connectivity index (χ4n) is 4.68. The maximum absolute atomic E-state index is 6.62. The molecule has 0 amide bonds. The van der Waals surface area contributed by atoms with Gasteiger partial charge in [0.2, 0.25) is 0 Å². The molecule has 3 heterocycles. The monoisotopic (exact) mass is 352 g/mol. The summed E-state index contributed by atoms with van der Waals surface area (Å²) in [5.74, 6) is 1.49. The number of fused-ring (bicyclic) bond motifs is 2. The third-order valence-corrected chi connectivity index (χ3v) is 5.90. The molecule has 0 bridgehead atoms. The topological polar surface area (TPSA) is 34.6 Å². The molecule has 1 aromatic carbocycles. The number of benzene rings is 1. The van der Waals surface area contributed by atoms with Gasteiger partial charge >= 0.3 is 0 Å². The summed E-state index contributed by atoms with van der Waals surface area (Å²) in [6, 6.07) is 8.58. The van der Waals surface area contributed by atoms with Crippen molar-refractivity contribution in [1.29, 1.82) is 0 Å². The van der Waals surface area contributed by atoms with Crippen LogP contribution in [0.4, 0.5) is 0 Å². The molecule has 26 heavy (non-hydrogen) atoms. The van der Waals surface area contributed by atoms with Gasteiger partial charge in [0.25, 0.3) is 0 Å².